The highest BCUT2D eigenvalue weighted by Crippen LogP contribution is 2.28. The second-order valence-electron chi connectivity index (χ2n) is 6.86. The van der Waals surface area contributed by atoms with Crippen LogP contribution in [0, 0.1) is 11.3 Å². The Morgan fingerprint density at radius 2 is 2.14 bits per heavy atom. The number of nitrogen functional groups attached to an aromatic ring is 1. The highest BCUT2D eigenvalue weighted by atomic mass is 32.1. The van der Waals surface area contributed by atoms with Crippen LogP contribution in [0.1, 0.15) is 12.5 Å². The average molecular weight is 408 g/mol. The fraction of sp³-hybridized carbons (Fsp3) is 0.316. The maximum atomic E-state index is 12.7. The lowest BCUT2D eigenvalue weighted by Crippen LogP contribution is -2.55. The van der Waals surface area contributed by atoms with E-state index in [0.29, 0.717) is 31.7 Å². The molecule has 0 spiro atoms. The molecule has 0 aliphatic carbocycles. The van der Waals surface area contributed by atoms with Crippen LogP contribution in [0.3, 0.4) is 0 Å². The van der Waals surface area contributed by atoms with Crippen molar-refractivity contribution < 1.29 is 4.79 Å². The average Bonchev–Trinajstić information content (AvgIpc) is 3.17. The molecule has 1 atom stereocenters. The van der Waals surface area contributed by atoms with Crippen molar-refractivity contribution in [1.29, 1.82) is 5.26 Å². The predicted molar refractivity (Wildman–Crippen MR) is 113 cm³/mol. The first-order chi connectivity index (χ1) is 14.0. The number of thiazole rings is 1. The van der Waals surface area contributed by atoms with E-state index >= 15 is 0 Å². The van der Waals surface area contributed by atoms with Crippen LogP contribution in [0.2, 0.25) is 0 Å². The Bertz CT molecular complexity index is 1070. The standard InChI is InChI=1S/C19H20N8OS/c1-12-10-26(19(28)23-14-4-2-13(3-5-14)6-7-20)8-9-27(12)16-15-17(29-11-22-15)25-18(21)24-16/h2-5,11-12H,6,8-10H2,1H3,(H,23,28)(H2,21,24,25)/t12-/m0/s1. The fourth-order valence-corrected chi connectivity index (χ4v) is 4.08. The molecular weight excluding hydrogens is 388 g/mol. The van der Waals surface area contributed by atoms with Crippen molar-refractivity contribution in [3.05, 3.63) is 35.3 Å². The van der Waals surface area contributed by atoms with E-state index in [1.807, 2.05) is 31.2 Å². The Kier molecular flexibility index (Phi) is 5.14. The van der Waals surface area contributed by atoms with Gasteiger partial charge < -0.3 is 20.9 Å². The number of nitrogens with two attached hydrogens (primary N) is 1. The second-order valence-corrected chi connectivity index (χ2v) is 7.70. The molecule has 0 unspecified atom stereocenters. The van der Waals surface area contributed by atoms with E-state index < -0.39 is 0 Å². The number of fused-ring (bicyclic) bond motifs is 1. The van der Waals surface area contributed by atoms with Gasteiger partial charge in [-0.25, -0.2) is 14.8 Å². The first-order valence-corrected chi connectivity index (χ1v) is 10.1. The third-order valence-electron chi connectivity index (χ3n) is 4.87. The number of carbonyl (C=O) groups excluding carboxylic acids is 1. The summed E-state index contributed by atoms with van der Waals surface area (Å²) >= 11 is 1.43. The van der Waals surface area contributed by atoms with Crippen LogP contribution in [-0.4, -0.2) is 51.6 Å². The lowest BCUT2D eigenvalue weighted by atomic mass is 10.1. The summed E-state index contributed by atoms with van der Waals surface area (Å²) in [4.78, 5) is 30.4. The normalized spacial score (nSPS) is 16.6. The molecule has 0 saturated carbocycles. The zero-order valence-electron chi connectivity index (χ0n) is 15.9. The highest BCUT2D eigenvalue weighted by molar-refractivity contribution is 7.16. The monoisotopic (exact) mass is 408 g/mol. The Hall–Kier alpha value is -3.45. The van der Waals surface area contributed by atoms with Gasteiger partial charge in [-0.2, -0.15) is 10.2 Å². The maximum absolute atomic E-state index is 12.7. The number of hydrogen-bond acceptors (Lipinski definition) is 8. The number of nitrogens with one attached hydrogen (secondary N) is 1. The number of nitrogens with zero attached hydrogens (tertiary/aromatic N) is 6. The van der Waals surface area contributed by atoms with Gasteiger partial charge >= 0.3 is 6.03 Å². The summed E-state index contributed by atoms with van der Waals surface area (Å²) < 4.78 is 0. The van der Waals surface area contributed by atoms with Crippen molar-refractivity contribution in [2.45, 2.75) is 19.4 Å². The van der Waals surface area contributed by atoms with E-state index in [4.69, 9.17) is 11.0 Å². The number of hydrogen-bond donors (Lipinski definition) is 2. The van der Waals surface area contributed by atoms with E-state index in [1.54, 1.807) is 10.4 Å². The summed E-state index contributed by atoms with van der Waals surface area (Å²) in [6.07, 6.45) is 0.355. The van der Waals surface area contributed by atoms with Crippen molar-refractivity contribution in [3.8, 4) is 6.07 Å². The van der Waals surface area contributed by atoms with Gasteiger partial charge in [0.05, 0.1) is 18.0 Å². The fourth-order valence-electron chi connectivity index (χ4n) is 3.42. The Labute approximate surface area is 171 Å². The van der Waals surface area contributed by atoms with Crippen LogP contribution in [0.5, 0.6) is 0 Å². The zero-order chi connectivity index (χ0) is 20.4. The number of benzene rings is 1. The van der Waals surface area contributed by atoms with Crippen molar-refractivity contribution in [3.63, 3.8) is 0 Å². The Morgan fingerprint density at radius 3 is 2.86 bits per heavy atom. The van der Waals surface area contributed by atoms with Crippen LogP contribution in [-0.2, 0) is 6.42 Å². The molecule has 1 aromatic carbocycles. The number of amides is 2. The van der Waals surface area contributed by atoms with Gasteiger partial charge in [-0.15, -0.1) is 11.3 Å². The molecule has 1 aliphatic rings. The van der Waals surface area contributed by atoms with Gasteiger partial charge in [-0.1, -0.05) is 12.1 Å². The first kappa shape index (κ1) is 18.9. The topological polar surface area (TPSA) is 124 Å². The van der Waals surface area contributed by atoms with E-state index in [0.717, 1.165) is 21.7 Å². The van der Waals surface area contributed by atoms with Crippen LogP contribution < -0.4 is 16.0 Å². The number of aromatic nitrogens is 3. The lowest BCUT2D eigenvalue weighted by Gasteiger charge is -2.40. The summed E-state index contributed by atoms with van der Waals surface area (Å²) in [6, 6.07) is 9.33. The van der Waals surface area contributed by atoms with Crippen LogP contribution in [0.15, 0.2) is 29.8 Å². The summed E-state index contributed by atoms with van der Waals surface area (Å²) in [6.45, 7) is 3.78. The second kappa shape index (κ2) is 7.89. The molecule has 0 radical (unpaired) electrons. The molecule has 0 bridgehead atoms. The van der Waals surface area contributed by atoms with Gasteiger partial charge in [0.15, 0.2) is 10.6 Å². The number of rotatable bonds is 3. The van der Waals surface area contributed by atoms with E-state index in [9.17, 15) is 4.79 Å². The molecule has 2 aromatic heterocycles. The van der Waals surface area contributed by atoms with Gasteiger partial charge in [0.1, 0.15) is 5.52 Å². The summed E-state index contributed by atoms with van der Waals surface area (Å²) in [5, 5.41) is 11.7. The van der Waals surface area contributed by atoms with Crippen molar-refractivity contribution in [1.82, 2.24) is 19.9 Å². The highest BCUT2D eigenvalue weighted by Gasteiger charge is 2.29. The first-order valence-electron chi connectivity index (χ1n) is 9.20. The van der Waals surface area contributed by atoms with E-state index in [2.05, 4.69) is 31.2 Å². The van der Waals surface area contributed by atoms with Gasteiger partial charge in [0, 0.05) is 31.4 Å². The van der Waals surface area contributed by atoms with Gasteiger partial charge in [0.2, 0.25) is 5.95 Å². The predicted octanol–water partition coefficient (Wildman–Crippen LogP) is 2.48. The minimum absolute atomic E-state index is 0.0479. The van der Waals surface area contributed by atoms with Crippen molar-refractivity contribution >= 4 is 45.2 Å². The number of carbonyl (C=O) groups is 1. The Balaban J connectivity index is 1.44. The van der Waals surface area contributed by atoms with Crippen LogP contribution in [0.25, 0.3) is 10.3 Å². The molecular formula is C19H20N8OS. The lowest BCUT2D eigenvalue weighted by molar-refractivity contribution is 0.200. The minimum atomic E-state index is -0.148. The molecule has 10 heteroatoms. The molecule has 1 fully saturated rings. The smallest absolute Gasteiger partial charge is 0.321 e. The molecule has 148 valence electrons. The molecule has 3 heterocycles. The minimum Gasteiger partial charge on any atom is -0.368 e. The molecule has 1 saturated heterocycles. The molecule has 29 heavy (non-hydrogen) atoms. The van der Waals surface area contributed by atoms with E-state index in [-0.39, 0.29) is 18.0 Å². The van der Waals surface area contributed by atoms with Crippen molar-refractivity contribution in [2.75, 3.05) is 35.6 Å². The number of piperazine rings is 1. The third kappa shape index (κ3) is 3.90. The maximum Gasteiger partial charge on any atom is 0.321 e. The Morgan fingerprint density at radius 1 is 1.34 bits per heavy atom. The van der Waals surface area contributed by atoms with Gasteiger partial charge in [-0.3, -0.25) is 0 Å². The van der Waals surface area contributed by atoms with Crippen LogP contribution in [0.4, 0.5) is 22.2 Å². The third-order valence-corrected chi connectivity index (χ3v) is 5.59. The quantitative estimate of drug-likeness (QED) is 0.682. The van der Waals surface area contributed by atoms with Crippen molar-refractivity contribution in [2.24, 2.45) is 0 Å². The van der Waals surface area contributed by atoms with Gasteiger partial charge in [0.25, 0.3) is 0 Å². The number of anilines is 3. The largest absolute Gasteiger partial charge is 0.368 e. The zero-order valence-corrected chi connectivity index (χ0v) is 16.7. The van der Waals surface area contributed by atoms with Crippen LogP contribution >= 0.6 is 11.3 Å². The molecule has 3 aromatic rings. The molecule has 2 amide bonds. The van der Waals surface area contributed by atoms with Gasteiger partial charge in [-0.05, 0) is 24.6 Å². The summed E-state index contributed by atoms with van der Waals surface area (Å²) in [5.74, 6) is 0.943. The summed E-state index contributed by atoms with van der Waals surface area (Å²) in [7, 11) is 0. The van der Waals surface area contributed by atoms with E-state index in [1.165, 1.54) is 11.3 Å². The molecule has 4 rings (SSSR count). The number of urea groups is 1. The molecule has 3 N–H and O–H groups in total. The molecule has 9 nitrogen and oxygen atoms in total. The summed E-state index contributed by atoms with van der Waals surface area (Å²) in [5.41, 5.74) is 9.97. The SMILES string of the molecule is C[C@H]1CN(C(=O)Nc2ccc(CC#N)cc2)CCN1c1nc(N)nc2scnc12. The molecule has 1 aliphatic heterocycles. The number of nitriles is 1.